The molecule has 0 spiro atoms. The second-order valence-corrected chi connectivity index (χ2v) is 4.88. The molecule has 0 saturated heterocycles. The fourth-order valence-electron chi connectivity index (χ4n) is 1.35. The van der Waals surface area contributed by atoms with Crippen LogP contribution in [0.25, 0.3) is 0 Å². The van der Waals surface area contributed by atoms with Gasteiger partial charge in [-0.05, 0) is 45.9 Å². The molecule has 0 radical (unpaired) electrons. The number of furan rings is 1. The molecule has 2 nitrogen and oxygen atoms in total. The van der Waals surface area contributed by atoms with Crippen molar-refractivity contribution in [1.82, 2.24) is 0 Å². The van der Waals surface area contributed by atoms with Gasteiger partial charge in [-0.15, -0.1) is 11.3 Å². The van der Waals surface area contributed by atoms with E-state index < -0.39 is 0 Å². The standard InChI is InChI=1S/C10H10BrNOS/c1-6-3-5-14-10(6)8(12)9-7(11)2-4-13-9/h2-5,8H,12H2,1H3. The highest BCUT2D eigenvalue weighted by Crippen LogP contribution is 2.31. The molecule has 1 atom stereocenters. The Hall–Kier alpha value is -0.580. The molecular formula is C10H10BrNOS. The van der Waals surface area contributed by atoms with Crippen molar-refractivity contribution in [3.05, 3.63) is 44.4 Å². The van der Waals surface area contributed by atoms with Crippen LogP contribution >= 0.6 is 27.3 Å². The van der Waals surface area contributed by atoms with E-state index in [-0.39, 0.29) is 6.04 Å². The van der Waals surface area contributed by atoms with Crippen LogP contribution < -0.4 is 5.73 Å². The van der Waals surface area contributed by atoms with Crippen LogP contribution in [0.1, 0.15) is 22.2 Å². The normalized spacial score (nSPS) is 13.1. The summed E-state index contributed by atoms with van der Waals surface area (Å²) >= 11 is 5.07. The Morgan fingerprint density at radius 1 is 1.50 bits per heavy atom. The van der Waals surface area contributed by atoms with Gasteiger partial charge in [0, 0.05) is 4.88 Å². The lowest BCUT2D eigenvalue weighted by Gasteiger charge is -2.08. The van der Waals surface area contributed by atoms with Crippen LogP contribution in [0.15, 0.2) is 32.7 Å². The van der Waals surface area contributed by atoms with Crippen LogP contribution in [0.4, 0.5) is 0 Å². The van der Waals surface area contributed by atoms with Crippen LogP contribution in [-0.2, 0) is 0 Å². The molecule has 0 fully saturated rings. The van der Waals surface area contributed by atoms with Gasteiger partial charge in [0.05, 0.1) is 16.8 Å². The average Bonchev–Trinajstić information content (AvgIpc) is 2.73. The van der Waals surface area contributed by atoms with Gasteiger partial charge < -0.3 is 10.2 Å². The molecule has 74 valence electrons. The van der Waals surface area contributed by atoms with E-state index in [0.29, 0.717) is 0 Å². The second kappa shape index (κ2) is 3.88. The maximum absolute atomic E-state index is 6.09. The first-order chi connectivity index (χ1) is 6.70. The van der Waals surface area contributed by atoms with Crippen LogP contribution in [0.5, 0.6) is 0 Å². The monoisotopic (exact) mass is 271 g/mol. The van der Waals surface area contributed by atoms with E-state index in [4.69, 9.17) is 10.2 Å². The van der Waals surface area contributed by atoms with Crippen molar-refractivity contribution in [2.24, 2.45) is 5.73 Å². The van der Waals surface area contributed by atoms with Crippen LogP contribution in [-0.4, -0.2) is 0 Å². The quantitative estimate of drug-likeness (QED) is 0.909. The molecule has 4 heteroatoms. The molecule has 0 amide bonds. The summed E-state index contributed by atoms with van der Waals surface area (Å²) in [6.07, 6.45) is 1.64. The van der Waals surface area contributed by atoms with Gasteiger partial charge in [-0.25, -0.2) is 0 Å². The summed E-state index contributed by atoms with van der Waals surface area (Å²) < 4.78 is 6.27. The van der Waals surface area contributed by atoms with Crippen molar-refractivity contribution in [3.8, 4) is 0 Å². The zero-order valence-electron chi connectivity index (χ0n) is 7.66. The van der Waals surface area contributed by atoms with E-state index in [9.17, 15) is 0 Å². The van der Waals surface area contributed by atoms with Crippen molar-refractivity contribution in [3.63, 3.8) is 0 Å². The summed E-state index contributed by atoms with van der Waals surface area (Å²) in [5.74, 6) is 0.788. The van der Waals surface area contributed by atoms with Crippen LogP contribution in [0, 0.1) is 6.92 Å². The van der Waals surface area contributed by atoms with E-state index in [1.54, 1.807) is 17.6 Å². The van der Waals surface area contributed by atoms with Crippen molar-refractivity contribution in [1.29, 1.82) is 0 Å². The predicted octanol–water partition coefficient (Wildman–Crippen LogP) is 3.46. The number of hydrogen-bond donors (Lipinski definition) is 1. The van der Waals surface area contributed by atoms with E-state index in [2.05, 4.69) is 28.9 Å². The first kappa shape index (κ1) is 9.96. The summed E-state index contributed by atoms with van der Waals surface area (Å²) in [5, 5.41) is 2.04. The highest BCUT2D eigenvalue weighted by atomic mass is 79.9. The smallest absolute Gasteiger partial charge is 0.139 e. The molecule has 0 aliphatic rings. The first-order valence-electron chi connectivity index (χ1n) is 4.22. The molecular weight excluding hydrogens is 262 g/mol. The Kier molecular flexibility index (Phi) is 2.76. The maximum atomic E-state index is 6.09. The first-order valence-corrected chi connectivity index (χ1v) is 5.90. The van der Waals surface area contributed by atoms with E-state index in [1.807, 2.05) is 11.4 Å². The Morgan fingerprint density at radius 2 is 2.29 bits per heavy atom. The second-order valence-electron chi connectivity index (χ2n) is 3.08. The SMILES string of the molecule is Cc1ccsc1C(N)c1occc1Br. The summed E-state index contributed by atoms with van der Waals surface area (Å²) in [6, 6.07) is 3.76. The third kappa shape index (κ3) is 1.65. The van der Waals surface area contributed by atoms with Gasteiger partial charge in [-0.3, -0.25) is 0 Å². The third-order valence-electron chi connectivity index (χ3n) is 2.11. The molecule has 2 aromatic heterocycles. The van der Waals surface area contributed by atoms with E-state index in [1.165, 1.54) is 5.56 Å². The lowest BCUT2D eigenvalue weighted by molar-refractivity contribution is 0.489. The maximum Gasteiger partial charge on any atom is 0.139 e. The number of hydrogen-bond acceptors (Lipinski definition) is 3. The molecule has 2 heterocycles. The van der Waals surface area contributed by atoms with Crippen LogP contribution in [0.3, 0.4) is 0 Å². The molecule has 14 heavy (non-hydrogen) atoms. The molecule has 0 aromatic carbocycles. The summed E-state index contributed by atoms with van der Waals surface area (Å²) in [6.45, 7) is 2.06. The summed E-state index contributed by atoms with van der Waals surface area (Å²) in [5.41, 5.74) is 7.31. The van der Waals surface area contributed by atoms with Gasteiger partial charge in [0.15, 0.2) is 0 Å². The Bertz CT molecular complexity index is 395. The molecule has 2 N–H and O–H groups in total. The van der Waals surface area contributed by atoms with Crippen LogP contribution in [0.2, 0.25) is 0 Å². The largest absolute Gasteiger partial charge is 0.466 e. The minimum atomic E-state index is -0.167. The minimum Gasteiger partial charge on any atom is -0.466 e. The van der Waals surface area contributed by atoms with E-state index >= 15 is 0 Å². The van der Waals surface area contributed by atoms with E-state index in [0.717, 1.165) is 15.1 Å². The zero-order valence-corrected chi connectivity index (χ0v) is 10.1. The summed E-state index contributed by atoms with van der Waals surface area (Å²) in [7, 11) is 0. The minimum absolute atomic E-state index is 0.167. The van der Waals surface area contributed by atoms with Gasteiger partial charge in [0.25, 0.3) is 0 Å². The molecule has 0 saturated carbocycles. The Balaban J connectivity index is 2.38. The number of rotatable bonds is 2. The van der Waals surface area contributed by atoms with Gasteiger partial charge in [0.1, 0.15) is 5.76 Å². The molecule has 0 aliphatic heterocycles. The highest BCUT2D eigenvalue weighted by molar-refractivity contribution is 9.10. The lowest BCUT2D eigenvalue weighted by Crippen LogP contribution is -2.10. The van der Waals surface area contributed by atoms with Gasteiger partial charge in [0.2, 0.25) is 0 Å². The number of aryl methyl sites for hydroxylation is 1. The number of nitrogens with two attached hydrogens (primary N) is 1. The van der Waals surface area contributed by atoms with Gasteiger partial charge in [-0.1, -0.05) is 0 Å². The van der Waals surface area contributed by atoms with Crippen molar-refractivity contribution in [2.45, 2.75) is 13.0 Å². The number of halogens is 1. The lowest BCUT2D eigenvalue weighted by atomic mass is 10.1. The molecule has 2 aromatic rings. The number of thiophene rings is 1. The van der Waals surface area contributed by atoms with Gasteiger partial charge in [-0.2, -0.15) is 0 Å². The van der Waals surface area contributed by atoms with Crippen molar-refractivity contribution < 1.29 is 4.42 Å². The third-order valence-corrected chi connectivity index (χ3v) is 3.87. The summed E-state index contributed by atoms with van der Waals surface area (Å²) in [4.78, 5) is 1.15. The predicted molar refractivity (Wildman–Crippen MR) is 61.5 cm³/mol. The van der Waals surface area contributed by atoms with Gasteiger partial charge >= 0.3 is 0 Å². The topological polar surface area (TPSA) is 39.2 Å². The Morgan fingerprint density at radius 3 is 2.79 bits per heavy atom. The molecule has 0 aliphatic carbocycles. The Labute approximate surface area is 94.9 Å². The van der Waals surface area contributed by atoms with Crippen molar-refractivity contribution in [2.75, 3.05) is 0 Å². The zero-order chi connectivity index (χ0) is 10.1. The fourth-order valence-corrected chi connectivity index (χ4v) is 2.72. The fraction of sp³-hybridized carbons (Fsp3) is 0.200. The van der Waals surface area contributed by atoms with Crippen molar-refractivity contribution >= 4 is 27.3 Å². The molecule has 1 unspecified atom stereocenters. The average molecular weight is 272 g/mol. The molecule has 0 bridgehead atoms. The highest BCUT2D eigenvalue weighted by Gasteiger charge is 2.18. The molecule has 2 rings (SSSR count).